The van der Waals surface area contributed by atoms with Crippen LogP contribution in [-0.2, 0) is 6.42 Å². The molecule has 1 aromatic carbocycles. The summed E-state index contributed by atoms with van der Waals surface area (Å²) >= 11 is 6.72. The first-order valence-corrected chi connectivity index (χ1v) is 5.44. The first-order valence-electron chi connectivity index (χ1n) is 3.52. The number of halogens is 2. The summed E-state index contributed by atoms with van der Waals surface area (Å²) in [5, 5.41) is 9.64. The lowest BCUT2D eigenvalue weighted by Gasteiger charge is -2.01. The first-order chi connectivity index (χ1) is 5.77. The molecule has 1 rings (SSSR count). The van der Waals surface area contributed by atoms with Crippen LogP contribution in [0, 0.1) is 11.3 Å². The van der Waals surface area contributed by atoms with Gasteiger partial charge in [-0.05, 0) is 30.2 Å². The highest BCUT2D eigenvalue weighted by atomic mass is 79.9. The number of nitrogens with zero attached hydrogens (tertiary/aromatic N) is 1. The Hall–Kier alpha value is -0.330. The molecule has 0 aliphatic rings. The van der Waals surface area contributed by atoms with Crippen molar-refractivity contribution in [3.8, 4) is 6.07 Å². The summed E-state index contributed by atoms with van der Waals surface area (Å²) in [7, 11) is 0. The summed E-state index contributed by atoms with van der Waals surface area (Å²) in [4.78, 5) is 0. The monoisotopic (exact) mass is 287 g/mol. The van der Waals surface area contributed by atoms with Gasteiger partial charge in [0, 0.05) is 9.80 Å². The van der Waals surface area contributed by atoms with Crippen LogP contribution in [0.4, 0.5) is 0 Å². The molecule has 0 spiro atoms. The zero-order chi connectivity index (χ0) is 8.97. The predicted molar refractivity (Wildman–Crippen MR) is 56.4 cm³/mol. The van der Waals surface area contributed by atoms with Gasteiger partial charge in [-0.25, -0.2) is 0 Å². The van der Waals surface area contributed by atoms with Crippen LogP contribution < -0.4 is 0 Å². The summed E-state index contributed by atoms with van der Waals surface area (Å²) in [6.45, 7) is 0. The molecule has 1 nitrogen and oxygen atoms in total. The first kappa shape index (κ1) is 9.76. The Bertz CT molecular complexity index is 315. The summed E-state index contributed by atoms with van der Waals surface area (Å²) in [6.07, 6.45) is 0.891. The third kappa shape index (κ3) is 2.33. The van der Waals surface area contributed by atoms with Crippen molar-refractivity contribution in [2.75, 3.05) is 5.33 Å². The highest BCUT2D eigenvalue weighted by Crippen LogP contribution is 2.17. The van der Waals surface area contributed by atoms with Gasteiger partial charge in [-0.3, -0.25) is 0 Å². The van der Waals surface area contributed by atoms with E-state index in [0.29, 0.717) is 0 Å². The molecule has 0 heterocycles. The summed E-state index contributed by atoms with van der Waals surface area (Å²) in [6, 6.07) is 7.87. The standard InChI is InChI=1S/C9H7Br2N/c10-4-3-7-5-9(11)2-1-8(7)6-12/h1-2,5H,3-4H2. The van der Waals surface area contributed by atoms with Crippen molar-refractivity contribution >= 4 is 31.9 Å². The van der Waals surface area contributed by atoms with Crippen LogP contribution in [0.25, 0.3) is 0 Å². The molecule has 3 heteroatoms. The van der Waals surface area contributed by atoms with E-state index in [1.165, 1.54) is 0 Å². The molecule has 0 fully saturated rings. The van der Waals surface area contributed by atoms with Gasteiger partial charge in [0.1, 0.15) is 0 Å². The van der Waals surface area contributed by atoms with Gasteiger partial charge in [0.2, 0.25) is 0 Å². The van der Waals surface area contributed by atoms with E-state index in [4.69, 9.17) is 5.26 Å². The maximum atomic E-state index is 8.76. The number of alkyl halides is 1. The maximum absolute atomic E-state index is 8.76. The fourth-order valence-corrected chi connectivity index (χ4v) is 1.82. The van der Waals surface area contributed by atoms with Crippen LogP contribution in [0.2, 0.25) is 0 Å². The number of rotatable bonds is 2. The second-order valence-electron chi connectivity index (χ2n) is 2.35. The van der Waals surface area contributed by atoms with Gasteiger partial charge in [0.15, 0.2) is 0 Å². The van der Waals surface area contributed by atoms with Crippen LogP contribution in [-0.4, -0.2) is 5.33 Å². The van der Waals surface area contributed by atoms with Crippen molar-refractivity contribution in [2.24, 2.45) is 0 Å². The van der Waals surface area contributed by atoms with Gasteiger partial charge in [-0.1, -0.05) is 31.9 Å². The highest BCUT2D eigenvalue weighted by Gasteiger charge is 2.00. The van der Waals surface area contributed by atoms with Crippen molar-refractivity contribution in [2.45, 2.75) is 6.42 Å². The molecule has 0 saturated carbocycles. The van der Waals surface area contributed by atoms with Crippen LogP contribution in [0.15, 0.2) is 22.7 Å². The molecule has 0 saturated heterocycles. The smallest absolute Gasteiger partial charge is 0.0994 e. The largest absolute Gasteiger partial charge is 0.192 e. The van der Waals surface area contributed by atoms with Crippen molar-refractivity contribution in [1.82, 2.24) is 0 Å². The van der Waals surface area contributed by atoms with Gasteiger partial charge < -0.3 is 0 Å². The van der Waals surface area contributed by atoms with E-state index in [0.717, 1.165) is 27.4 Å². The number of benzene rings is 1. The quantitative estimate of drug-likeness (QED) is 0.767. The minimum absolute atomic E-state index is 0.762. The Balaban J connectivity index is 3.06. The summed E-state index contributed by atoms with van der Waals surface area (Å²) in [5.41, 5.74) is 1.85. The van der Waals surface area contributed by atoms with Crippen molar-refractivity contribution < 1.29 is 0 Å². The number of aryl methyl sites for hydroxylation is 1. The Kier molecular flexibility index (Phi) is 3.77. The van der Waals surface area contributed by atoms with E-state index in [-0.39, 0.29) is 0 Å². The molecular weight excluding hydrogens is 282 g/mol. The Labute approximate surface area is 88.7 Å². The molecule has 0 amide bonds. The SMILES string of the molecule is N#Cc1ccc(Br)cc1CCBr. The molecular formula is C9H7Br2N. The minimum atomic E-state index is 0.762. The molecule has 1 aromatic rings. The van der Waals surface area contributed by atoms with Crippen LogP contribution >= 0.6 is 31.9 Å². The fourth-order valence-electron chi connectivity index (χ4n) is 0.980. The van der Waals surface area contributed by atoms with E-state index in [2.05, 4.69) is 37.9 Å². The Morgan fingerprint density at radius 2 is 2.17 bits per heavy atom. The maximum Gasteiger partial charge on any atom is 0.0994 e. The highest BCUT2D eigenvalue weighted by molar-refractivity contribution is 9.10. The van der Waals surface area contributed by atoms with Crippen LogP contribution in [0.5, 0.6) is 0 Å². The molecule has 0 aliphatic heterocycles. The predicted octanol–water partition coefficient (Wildman–Crippen LogP) is 3.26. The molecule has 0 radical (unpaired) electrons. The van der Waals surface area contributed by atoms with Gasteiger partial charge >= 0.3 is 0 Å². The Morgan fingerprint density at radius 1 is 1.42 bits per heavy atom. The second kappa shape index (κ2) is 4.64. The second-order valence-corrected chi connectivity index (χ2v) is 4.06. The summed E-state index contributed by atoms with van der Waals surface area (Å²) in [5.74, 6) is 0. The number of nitriles is 1. The van der Waals surface area contributed by atoms with Gasteiger partial charge in [-0.2, -0.15) is 5.26 Å². The lowest BCUT2D eigenvalue weighted by atomic mass is 10.1. The van der Waals surface area contributed by atoms with Gasteiger partial charge in [0.25, 0.3) is 0 Å². The zero-order valence-corrected chi connectivity index (χ0v) is 9.52. The third-order valence-corrected chi connectivity index (χ3v) is 2.44. The number of hydrogen-bond donors (Lipinski definition) is 0. The van der Waals surface area contributed by atoms with Crippen molar-refractivity contribution in [3.63, 3.8) is 0 Å². The molecule has 0 unspecified atom stereocenters. The lowest BCUT2D eigenvalue weighted by Crippen LogP contribution is -1.90. The Morgan fingerprint density at radius 3 is 2.75 bits per heavy atom. The molecule has 0 N–H and O–H groups in total. The van der Waals surface area contributed by atoms with E-state index in [9.17, 15) is 0 Å². The normalized spacial score (nSPS) is 9.42. The van der Waals surface area contributed by atoms with E-state index >= 15 is 0 Å². The molecule has 0 bridgehead atoms. The number of hydrogen-bond acceptors (Lipinski definition) is 1. The van der Waals surface area contributed by atoms with Crippen LogP contribution in [0.3, 0.4) is 0 Å². The van der Waals surface area contributed by atoms with E-state index in [1.807, 2.05) is 18.2 Å². The van der Waals surface area contributed by atoms with Crippen molar-refractivity contribution in [3.05, 3.63) is 33.8 Å². The van der Waals surface area contributed by atoms with Gasteiger partial charge in [-0.15, -0.1) is 0 Å². The average Bonchev–Trinajstić information content (AvgIpc) is 2.05. The van der Waals surface area contributed by atoms with E-state index < -0.39 is 0 Å². The molecule has 0 aliphatic carbocycles. The van der Waals surface area contributed by atoms with Crippen molar-refractivity contribution in [1.29, 1.82) is 5.26 Å². The molecule has 62 valence electrons. The third-order valence-electron chi connectivity index (χ3n) is 1.55. The minimum Gasteiger partial charge on any atom is -0.192 e. The van der Waals surface area contributed by atoms with Crippen LogP contribution in [0.1, 0.15) is 11.1 Å². The van der Waals surface area contributed by atoms with Gasteiger partial charge in [0.05, 0.1) is 11.6 Å². The zero-order valence-electron chi connectivity index (χ0n) is 6.35. The lowest BCUT2D eigenvalue weighted by molar-refractivity contribution is 1.15. The average molecular weight is 289 g/mol. The molecule has 12 heavy (non-hydrogen) atoms. The summed E-state index contributed by atoms with van der Waals surface area (Å²) < 4.78 is 1.03. The fraction of sp³-hybridized carbons (Fsp3) is 0.222. The van der Waals surface area contributed by atoms with E-state index in [1.54, 1.807) is 0 Å². The molecule has 0 aromatic heterocycles. The topological polar surface area (TPSA) is 23.8 Å². The molecule has 0 atom stereocenters.